The van der Waals surface area contributed by atoms with Gasteiger partial charge in [0.1, 0.15) is 5.75 Å². The van der Waals surface area contributed by atoms with Gasteiger partial charge in [-0.15, -0.1) is 0 Å². The molecule has 4 aromatic rings. The number of amides is 1. The number of carbonyl (C=O) groups is 1. The van der Waals surface area contributed by atoms with Crippen molar-refractivity contribution < 1.29 is 14.6 Å². The monoisotopic (exact) mass is 475 g/mol. The average Bonchev–Trinajstić information content (AvgIpc) is 3.25. The van der Waals surface area contributed by atoms with Crippen LogP contribution in [0.4, 0.5) is 5.13 Å². The number of rotatable bonds is 5. The summed E-state index contributed by atoms with van der Waals surface area (Å²) in [6, 6.07) is 9.46. The van der Waals surface area contributed by atoms with E-state index in [1.807, 2.05) is 37.3 Å². The van der Waals surface area contributed by atoms with Gasteiger partial charge in [0.2, 0.25) is 0 Å². The van der Waals surface area contributed by atoms with Gasteiger partial charge in [0.25, 0.3) is 5.91 Å². The zero-order chi connectivity index (χ0) is 23.7. The number of aliphatic hydroxyl groups excluding tert-OH is 1. The van der Waals surface area contributed by atoms with E-state index in [0.29, 0.717) is 32.8 Å². The molecule has 1 amide bonds. The Bertz CT molecular complexity index is 1350. The highest BCUT2D eigenvalue weighted by Crippen LogP contribution is 2.35. The minimum absolute atomic E-state index is 0.213. The van der Waals surface area contributed by atoms with E-state index in [-0.39, 0.29) is 12.0 Å². The number of hydrogen-bond donors (Lipinski definition) is 2. The summed E-state index contributed by atoms with van der Waals surface area (Å²) in [5.74, 6) is 0.662. The fraction of sp³-hybridized carbons (Fsp3) is 0.320. The highest BCUT2D eigenvalue weighted by atomic mass is 32.1. The molecule has 2 N–H and O–H groups in total. The Morgan fingerprint density at radius 2 is 1.88 bits per heavy atom. The van der Waals surface area contributed by atoms with Crippen LogP contribution in [0.25, 0.3) is 21.6 Å². The van der Waals surface area contributed by atoms with Crippen LogP contribution < -0.4 is 10.1 Å². The number of fused-ring (bicyclic) bond motifs is 1. The first-order valence-electron chi connectivity index (χ1n) is 11.2. The van der Waals surface area contributed by atoms with E-state index in [2.05, 4.69) is 20.3 Å². The first kappa shape index (κ1) is 22.4. The van der Waals surface area contributed by atoms with Crippen molar-refractivity contribution in [2.45, 2.75) is 44.6 Å². The number of methoxy groups -OCH3 is 1. The number of pyridine rings is 1. The van der Waals surface area contributed by atoms with Gasteiger partial charge in [0, 0.05) is 28.9 Å². The maximum Gasteiger partial charge on any atom is 0.259 e. The van der Waals surface area contributed by atoms with Crippen LogP contribution in [-0.2, 0) is 0 Å². The number of carbonyl (C=O) groups excluding carboxylic acids is 1. The maximum absolute atomic E-state index is 13.3. The van der Waals surface area contributed by atoms with E-state index in [1.165, 1.54) is 11.3 Å². The molecule has 8 nitrogen and oxygen atoms in total. The summed E-state index contributed by atoms with van der Waals surface area (Å²) in [6.45, 7) is 1.89. The van der Waals surface area contributed by atoms with Gasteiger partial charge in [-0.2, -0.15) is 4.98 Å². The van der Waals surface area contributed by atoms with E-state index >= 15 is 0 Å². The molecule has 0 atom stereocenters. The summed E-state index contributed by atoms with van der Waals surface area (Å²) >= 11 is 1.30. The van der Waals surface area contributed by atoms with Gasteiger partial charge in [0.15, 0.2) is 15.6 Å². The van der Waals surface area contributed by atoms with Crippen molar-refractivity contribution in [2.24, 2.45) is 0 Å². The second kappa shape index (κ2) is 9.44. The first-order valence-corrected chi connectivity index (χ1v) is 12.1. The summed E-state index contributed by atoms with van der Waals surface area (Å²) in [7, 11) is 1.61. The van der Waals surface area contributed by atoms with Crippen molar-refractivity contribution in [3.8, 4) is 16.9 Å². The molecule has 0 spiro atoms. The molecule has 0 saturated heterocycles. The van der Waals surface area contributed by atoms with Crippen LogP contribution in [-0.4, -0.2) is 44.2 Å². The van der Waals surface area contributed by atoms with Crippen LogP contribution >= 0.6 is 11.3 Å². The van der Waals surface area contributed by atoms with E-state index in [0.717, 1.165) is 48.2 Å². The van der Waals surface area contributed by atoms with Crippen molar-refractivity contribution >= 4 is 32.9 Å². The highest BCUT2D eigenvalue weighted by molar-refractivity contribution is 7.21. The second-order valence-corrected chi connectivity index (χ2v) is 9.45. The Kier molecular flexibility index (Phi) is 6.21. The SMILES string of the molecule is COc1ccccc1-c1cc(C)ncc1C(=O)Nc1nc2ncc([C@H]3CC[C@@H](O)CC3)nc2s1. The fourth-order valence-electron chi connectivity index (χ4n) is 4.35. The zero-order valence-corrected chi connectivity index (χ0v) is 19.8. The van der Waals surface area contributed by atoms with E-state index in [1.54, 1.807) is 19.5 Å². The molecule has 1 aliphatic rings. The summed E-state index contributed by atoms with van der Waals surface area (Å²) in [5.41, 5.74) is 4.21. The molecule has 1 fully saturated rings. The number of nitrogens with zero attached hydrogens (tertiary/aromatic N) is 4. The number of anilines is 1. The third-order valence-electron chi connectivity index (χ3n) is 6.16. The molecule has 9 heteroatoms. The molecule has 0 unspecified atom stereocenters. The van der Waals surface area contributed by atoms with Gasteiger partial charge < -0.3 is 9.84 Å². The molecule has 3 aromatic heterocycles. The van der Waals surface area contributed by atoms with Gasteiger partial charge in [0.05, 0.1) is 30.7 Å². The maximum atomic E-state index is 13.3. The average molecular weight is 476 g/mol. The highest BCUT2D eigenvalue weighted by Gasteiger charge is 2.23. The lowest BCUT2D eigenvalue weighted by Crippen LogP contribution is -2.17. The number of aryl methyl sites for hydroxylation is 1. The van der Waals surface area contributed by atoms with E-state index in [9.17, 15) is 9.90 Å². The summed E-state index contributed by atoms with van der Waals surface area (Å²) in [6.07, 6.45) is 6.49. The Balaban J connectivity index is 1.42. The van der Waals surface area contributed by atoms with Crippen LogP contribution in [0.5, 0.6) is 5.75 Å². The first-order chi connectivity index (χ1) is 16.5. The Morgan fingerprint density at radius 3 is 2.68 bits per heavy atom. The lowest BCUT2D eigenvalue weighted by atomic mass is 9.85. The number of benzene rings is 1. The lowest BCUT2D eigenvalue weighted by molar-refractivity contribution is 0.102. The van der Waals surface area contributed by atoms with Gasteiger partial charge in [-0.25, -0.2) is 9.97 Å². The molecule has 1 aromatic carbocycles. The molecule has 0 bridgehead atoms. The molecular formula is C25H25N5O3S. The zero-order valence-electron chi connectivity index (χ0n) is 19.0. The number of thiazole rings is 1. The molecule has 1 aliphatic carbocycles. The van der Waals surface area contributed by atoms with Crippen LogP contribution in [0.2, 0.25) is 0 Å². The predicted molar refractivity (Wildman–Crippen MR) is 131 cm³/mol. The number of nitrogens with one attached hydrogen (secondary N) is 1. The van der Waals surface area contributed by atoms with Crippen molar-refractivity contribution in [1.29, 1.82) is 0 Å². The number of para-hydroxylation sites is 1. The smallest absolute Gasteiger partial charge is 0.259 e. The molecule has 34 heavy (non-hydrogen) atoms. The normalized spacial score (nSPS) is 18.1. The molecular weight excluding hydrogens is 450 g/mol. The van der Waals surface area contributed by atoms with Crippen LogP contribution in [0.1, 0.15) is 53.3 Å². The summed E-state index contributed by atoms with van der Waals surface area (Å²) < 4.78 is 5.51. The summed E-state index contributed by atoms with van der Waals surface area (Å²) in [5, 5.41) is 13.1. The van der Waals surface area contributed by atoms with E-state index < -0.39 is 0 Å². The van der Waals surface area contributed by atoms with E-state index in [4.69, 9.17) is 9.72 Å². The Labute approximate surface area is 201 Å². The van der Waals surface area contributed by atoms with Crippen LogP contribution in [0.15, 0.2) is 42.7 Å². The van der Waals surface area contributed by atoms with Crippen molar-refractivity contribution in [2.75, 3.05) is 12.4 Å². The molecule has 174 valence electrons. The predicted octanol–water partition coefficient (Wildman–Crippen LogP) is 4.74. The number of aromatic nitrogens is 4. The fourth-order valence-corrected chi connectivity index (χ4v) is 5.15. The van der Waals surface area contributed by atoms with Gasteiger partial charge in [-0.1, -0.05) is 29.5 Å². The molecule has 5 rings (SSSR count). The molecule has 3 heterocycles. The minimum Gasteiger partial charge on any atom is -0.496 e. The molecule has 0 aliphatic heterocycles. The van der Waals surface area contributed by atoms with Crippen molar-refractivity contribution in [3.05, 3.63) is 59.7 Å². The minimum atomic E-state index is -0.311. The molecule has 0 radical (unpaired) electrons. The van der Waals surface area contributed by atoms with Crippen LogP contribution in [0.3, 0.4) is 0 Å². The third kappa shape index (κ3) is 4.49. The van der Waals surface area contributed by atoms with Crippen molar-refractivity contribution in [1.82, 2.24) is 19.9 Å². The second-order valence-electron chi connectivity index (χ2n) is 8.47. The Morgan fingerprint density at radius 1 is 1.09 bits per heavy atom. The van der Waals surface area contributed by atoms with Gasteiger partial charge >= 0.3 is 0 Å². The third-order valence-corrected chi connectivity index (χ3v) is 7.01. The quantitative estimate of drug-likeness (QED) is 0.429. The topological polar surface area (TPSA) is 110 Å². The van der Waals surface area contributed by atoms with Gasteiger partial charge in [-0.3, -0.25) is 15.1 Å². The van der Waals surface area contributed by atoms with Gasteiger partial charge in [-0.05, 0) is 44.7 Å². The largest absolute Gasteiger partial charge is 0.496 e. The number of aliphatic hydroxyl groups is 1. The standard InChI is InChI=1S/C25H25N5O3S/c1-14-11-18(17-5-3-4-6-21(17)33-2)19(12-26-14)23(32)30-25-29-22-24(34-25)28-20(13-27-22)15-7-9-16(31)10-8-15/h3-6,11-13,15-16,31H,7-10H2,1-2H3,(H,27,29,30,32)/t15-,16+. The summed E-state index contributed by atoms with van der Waals surface area (Å²) in [4.78, 5) is 32.0. The lowest BCUT2D eigenvalue weighted by Gasteiger charge is -2.24. The van der Waals surface area contributed by atoms with Crippen molar-refractivity contribution in [3.63, 3.8) is 0 Å². The molecule has 1 saturated carbocycles. The van der Waals surface area contributed by atoms with Crippen LogP contribution in [0, 0.1) is 6.92 Å². The number of hydrogen-bond acceptors (Lipinski definition) is 8. The number of ether oxygens (including phenoxy) is 1. The Hall–Kier alpha value is -3.43.